The lowest BCUT2D eigenvalue weighted by Crippen LogP contribution is -2.32. The molecule has 0 saturated heterocycles. The van der Waals surface area contributed by atoms with Crippen molar-refractivity contribution in [1.29, 1.82) is 0 Å². The Hall–Kier alpha value is -2.20. The minimum absolute atomic E-state index is 0.105. The fourth-order valence-electron chi connectivity index (χ4n) is 1.06. The fraction of sp³-hybridized carbons (Fsp3) is 0.429. The molecule has 11 heteroatoms. The van der Waals surface area contributed by atoms with Crippen LogP contribution in [0, 0.1) is 10.1 Å². The quantitative estimate of drug-likeness (QED) is 0.495. The summed E-state index contributed by atoms with van der Waals surface area (Å²) in [6.07, 6.45) is -3.63. The third-order valence-electron chi connectivity index (χ3n) is 1.83. The van der Waals surface area contributed by atoms with E-state index in [4.69, 9.17) is 5.11 Å². The number of carboxylic acid groups (broad SMARTS) is 1. The maximum atomic E-state index is 12.6. The average Bonchev–Trinajstić information content (AvgIpc) is 2.60. The van der Waals surface area contributed by atoms with Crippen molar-refractivity contribution in [1.82, 2.24) is 9.78 Å². The molecule has 0 aliphatic rings. The zero-order valence-electron chi connectivity index (χ0n) is 8.39. The molecule has 0 bridgehead atoms. The third-order valence-corrected chi connectivity index (χ3v) is 1.83. The molecule has 1 heterocycles. The number of halogens is 4. The maximum Gasteiger partial charge on any atom is 0.363 e. The molecule has 18 heavy (non-hydrogen) atoms. The summed E-state index contributed by atoms with van der Waals surface area (Å²) < 4.78 is 49.2. The van der Waals surface area contributed by atoms with Gasteiger partial charge in [0.05, 0.1) is 4.92 Å². The summed E-state index contributed by atoms with van der Waals surface area (Å²) in [5, 5.41) is 21.9. The van der Waals surface area contributed by atoms with Gasteiger partial charge in [0.15, 0.2) is 0 Å². The van der Waals surface area contributed by atoms with Crippen LogP contribution < -0.4 is 0 Å². The molecular weight excluding hydrogens is 266 g/mol. The van der Waals surface area contributed by atoms with Crippen LogP contribution in [0.3, 0.4) is 0 Å². The number of aromatic carboxylic acids is 1. The molecule has 0 aliphatic heterocycles. The number of hydrogen-bond acceptors (Lipinski definition) is 4. The van der Waals surface area contributed by atoms with Crippen LogP contribution in [0.25, 0.3) is 0 Å². The Labute approximate surface area is 95.8 Å². The maximum absolute atomic E-state index is 12.6. The highest BCUT2D eigenvalue weighted by Crippen LogP contribution is 2.26. The Morgan fingerprint density at radius 2 is 2.17 bits per heavy atom. The van der Waals surface area contributed by atoms with Crippen LogP contribution in [-0.2, 0) is 6.54 Å². The first-order chi connectivity index (χ1) is 8.15. The molecule has 1 rings (SSSR count). The molecule has 1 aromatic rings. The molecule has 1 N–H and O–H groups in total. The molecule has 0 amide bonds. The molecule has 7 nitrogen and oxygen atoms in total. The van der Waals surface area contributed by atoms with Crippen molar-refractivity contribution in [2.24, 2.45) is 0 Å². The summed E-state index contributed by atoms with van der Waals surface area (Å²) in [4.78, 5) is 19.8. The molecule has 1 aromatic heterocycles. The fourth-order valence-corrected chi connectivity index (χ4v) is 1.06. The summed E-state index contributed by atoms with van der Waals surface area (Å²) >= 11 is 0. The first kappa shape index (κ1) is 13.9. The summed E-state index contributed by atoms with van der Waals surface area (Å²) in [6.45, 7) is -1.65. The van der Waals surface area contributed by atoms with Gasteiger partial charge in [0.25, 0.3) is 0 Å². The number of aromatic nitrogens is 2. The van der Waals surface area contributed by atoms with Crippen molar-refractivity contribution in [2.75, 3.05) is 0 Å². The molecule has 100 valence electrons. The van der Waals surface area contributed by atoms with Crippen molar-refractivity contribution >= 4 is 11.7 Å². The number of carbonyl (C=O) groups is 1. The van der Waals surface area contributed by atoms with Crippen LogP contribution in [0.2, 0.25) is 0 Å². The minimum atomic E-state index is -4.46. The van der Waals surface area contributed by atoms with E-state index in [0.29, 0.717) is 6.20 Å². The highest BCUT2D eigenvalue weighted by molar-refractivity contribution is 5.89. The summed E-state index contributed by atoms with van der Waals surface area (Å²) in [6, 6.07) is 0. The number of carboxylic acids is 1. The topological polar surface area (TPSA) is 98.3 Å². The van der Waals surface area contributed by atoms with Crippen molar-refractivity contribution in [3.63, 3.8) is 0 Å². The monoisotopic (exact) mass is 271 g/mol. The van der Waals surface area contributed by atoms with Crippen LogP contribution in [-0.4, -0.2) is 38.1 Å². The smallest absolute Gasteiger partial charge is 0.363 e. The summed E-state index contributed by atoms with van der Waals surface area (Å²) in [5.41, 5.74) is -2.14. The number of hydrogen-bond donors (Lipinski definition) is 1. The highest BCUT2D eigenvalue weighted by Gasteiger charge is 2.42. The van der Waals surface area contributed by atoms with Crippen molar-refractivity contribution in [2.45, 2.75) is 18.9 Å². The van der Waals surface area contributed by atoms with E-state index in [-0.39, 0.29) is 4.68 Å². The second kappa shape index (κ2) is 4.58. The van der Waals surface area contributed by atoms with Gasteiger partial charge in [-0.15, -0.1) is 0 Å². The zero-order valence-corrected chi connectivity index (χ0v) is 8.39. The molecule has 0 fully saturated rings. The van der Waals surface area contributed by atoms with E-state index in [1.165, 1.54) is 0 Å². The van der Waals surface area contributed by atoms with Gasteiger partial charge < -0.3 is 5.11 Å². The van der Waals surface area contributed by atoms with Gasteiger partial charge in [-0.25, -0.2) is 13.6 Å². The Balaban J connectivity index is 3.10. The van der Waals surface area contributed by atoms with E-state index in [2.05, 4.69) is 5.10 Å². The first-order valence-electron chi connectivity index (χ1n) is 4.26. The predicted molar refractivity (Wildman–Crippen MR) is 46.8 cm³/mol. The van der Waals surface area contributed by atoms with Crippen molar-refractivity contribution in [3.05, 3.63) is 22.0 Å². The second-order valence-electron chi connectivity index (χ2n) is 3.18. The highest BCUT2D eigenvalue weighted by atomic mass is 19.3. The van der Waals surface area contributed by atoms with E-state index in [0.717, 1.165) is 0 Å². The van der Waals surface area contributed by atoms with Gasteiger partial charge in [0.1, 0.15) is 12.7 Å². The lowest BCUT2D eigenvalue weighted by atomic mass is 10.3. The Bertz CT molecular complexity index is 456. The van der Waals surface area contributed by atoms with Crippen molar-refractivity contribution < 1.29 is 32.4 Å². The molecule has 0 aromatic carbocycles. The lowest BCUT2D eigenvalue weighted by Gasteiger charge is -2.14. The minimum Gasteiger partial charge on any atom is -0.476 e. The normalized spacial score (nSPS) is 11.8. The SMILES string of the molecule is O=C(O)c1nn(CC(F)(F)C(F)F)cc1[N+](=O)[O-]. The van der Waals surface area contributed by atoms with E-state index >= 15 is 0 Å². The van der Waals surface area contributed by atoms with Gasteiger partial charge >= 0.3 is 24.0 Å². The molecule has 0 atom stereocenters. The standard InChI is InChI=1S/C7H5F4N3O4/c8-6(9)7(10,11)2-13-1-3(14(17)18)4(12-13)5(15)16/h1,6H,2H2,(H,15,16). The van der Waals surface area contributed by atoms with Crippen LogP contribution in [0.4, 0.5) is 23.2 Å². The first-order valence-corrected chi connectivity index (χ1v) is 4.26. The predicted octanol–water partition coefficient (Wildman–Crippen LogP) is 1.39. The Morgan fingerprint density at radius 3 is 2.50 bits per heavy atom. The number of rotatable bonds is 5. The second-order valence-corrected chi connectivity index (χ2v) is 3.18. The third kappa shape index (κ3) is 2.73. The lowest BCUT2D eigenvalue weighted by molar-refractivity contribution is -0.385. The largest absolute Gasteiger partial charge is 0.476 e. The van der Waals surface area contributed by atoms with Gasteiger partial charge in [-0.2, -0.15) is 13.9 Å². The van der Waals surface area contributed by atoms with Gasteiger partial charge in [-0.1, -0.05) is 0 Å². The van der Waals surface area contributed by atoms with Crippen molar-refractivity contribution in [3.8, 4) is 0 Å². The number of nitro groups is 1. The van der Waals surface area contributed by atoms with E-state index < -0.39 is 41.2 Å². The van der Waals surface area contributed by atoms with E-state index in [9.17, 15) is 32.5 Å². The number of nitrogens with zero attached hydrogens (tertiary/aromatic N) is 3. The average molecular weight is 271 g/mol. The summed E-state index contributed by atoms with van der Waals surface area (Å²) in [5.74, 6) is -6.28. The van der Waals surface area contributed by atoms with Gasteiger partial charge in [0.2, 0.25) is 5.69 Å². The molecule has 0 saturated carbocycles. The molecule has 0 radical (unpaired) electrons. The van der Waals surface area contributed by atoms with E-state index in [1.54, 1.807) is 0 Å². The van der Waals surface area contributed by atoms with Crippen LogP contribution in [0.5, 0.6) is 0 Å². The van der Waals surface area contributed by atoms with Gasteiger partial charge in [-0.05, 0) is 0 Å². The van der Waals surface area contributed by atoms with Crippen LogP contribution >= 0.6 is 0 Å². The van der Waals surface area contributed by atoms with Gasteiger partial charge in [-0.3, -0.25) is 14.8 Å². The molecular formula is C7H5F4N3O4. The van der Waals surface area contributed by atoms with Crippen LogP contribution in [0.15, 0.2) is 6.20 Å². The molecule has 0 aliphatic carbocycles. The van der Waals surface area contributed by atoms with Gasteiger partial charge in [0, 0.05) is 0 Å². The van der Waals surface area contributed by atoms with E-state index in [1.807, 2.05) is 0 Å². The zero-order chi connectivity index (χ0) is 14.1. The Kier molecular flexibility index (Phi) is 3.53. The van der Waals surface area contributed by atoms with Crippen LogP contribution in [0.1, 0.15) is 10.5 Å². The number of alkyl halides is 4. The summed E-state index contributed by atoms with van der Waals surface area (Å²) in [7, 11) is 0. The Morgan fingerprint density at radius 1 is 1.61 bits per heavy atom. The molecule has 0 spiro atoms. The molecule has 0 unspecified atom stereocenters.